The van der Waals surface area contributed by atoms with E-state index in [1.807, 2.05) is 0 Å². The van der Waals surface area contributed by atoms with E-state index in [-0.39, 0.29) is 25.4 Å². The lowest BCUT2D eigenvalue weighted by atomic mass is 10.1. The zero-order chi connectivity index (χ0) is 20.2. The first-order valence-corrected chi connectivity index (χ1v) is 9.74. The highest BCUT2D eigenvalue weighted by Gasteiger charge is 2.50. The molecule has 1 rings (SSSR count). The molecule has 0 aliphatic carbocycles. The van der Waals surface area contributed by atoms with Crippen molar-refractivity contribution in [3.05, 3.63) is 0 Å². The number of carbonyl (C=O) groups excluding carboxylic acids is 1. The fourth-order valence-corrected chi connectivity index (χ4v) is 2.77. The Morgan fingerprint density at radius 2 is 1.77 bits per heavy atom. The van der Waals surface area contributed by atoms with Crippen LogP contribution in [-0.4, -0.2) is 73.3 Å². The van der Waals surface area contributed by atoms with Crippen LogP contribution in [-0.2, 0) is 24.3 Å². The molecule has 1 amide bonds. The highest BCUT2D eigenvalue weighted by Crippen LogP contribution is 2.27. The number of likely N-dealkylation sites (tertiary alicyclic amines) is 1. The van der Waals surface area contributed by atoms with Crippen molar-refractivity contribution in [2.24, 2.45) is 0 Å². The third-order valence-corrected chi connectivity index (χ3v) is 4.74. The molecule has 1 atom stereocenters. The molecule has 1 N–H and O–H groups in total. The first kappa shape index (κ1) is 23.0. The molecule has 11 heteroatoms. The molecule has 8 nitrogen and oxygen atoms in total. The summed E-state index contributed by atoms with van der Waals surface area (Å²) in [5.74, 6) is 0. The molecule has 1 saturated heterocycles. The second kappa shape index (κ2) is 8.77. The number of nitrogens with zero attached hydrogens (tertiary/aromatic N) is 1. The Bertz CT molecular complexity index is 569. The standard InChI is InChI=1S/C15H27F2NO7S/c1-11(15(16,17)26(20,21)22)23-9-10-24-12-5-7-18(8-6-12)13(19)25-14(2,3)4/h11-12H,5-10H2,1-4H3,(H,20,21,22). The number of carbonyl (C=O) groups is 1. The van der Waals surface area contributed by atoms with E-state index in [0.29, 0.717) is 25.9 Å². The van der Waals surface area contributed by atoms with E-state index in [9.17, 15) is 22.0 Å². The van der Waals surface area contributed by atoms with Crippen LogP contribution in [0.5, 0.6) is 0 Å². The summed E-state index contributed by atoms with van der Waals surface area (Å²) in [5, 5.41) is -4.38. The van der Waals surface area contributed by atoms with Crippen LogP contribution in [0.25, 0.3) is 0 Å². The maximum Gasteiger partial charge on any atom is 0.410 e. The summed E-state index contributed by atoms with van der Waals surface area (Å²) in [6.45, 7) is 6.86. The van der Waals surface area contributed by atoms with Gasteiger partial charge >= 0.3 is 21.5 Å². The molecule has 0 aromatic carbocycles. The van der Waals surface area contributed by atoms with Crippen LogP contribution >= 0.6 is 0 Å². The van der Waals surface area contributed by atoms with Crippen molar-refractivity contribution in [2.75, 3.05) is 26.3 Å². The van der Waals surface area contributed by atoms with Crippen LogP contribution in [0.15, 0.2) is 0 Å². The van der Waals surface area contributed by atoms with E-state index < -0.39 is 27.1 Å². The second-order valence-electron chi connectivity index (χ2n) is 7.09. The molecule has 26 heavy (non-hydrogen) atoms. The van der Waals surface area contributed by atoms with E-state index in [1.54, 1.807) is 25.7 Å². The number of amides is 1. The molecule has 0 aromatic rings. The highest BCUT2D eigenvalue weighted by atomic mass is 32.2. The van der Waals surface area contributed by atoms with Gasteiger partial charge in [-0.15, -0.1) is 0 Å². The van der Waals surface area contributed by atoms with Gasteiger partial charge in [0.2, 0.25) is 0 Å². The van der Waals surface area contributed by atoms with Gasteiger partial charge in [0.1, 0.15) is 11.7 Å². The molecule has 0 radical (unpaired) electrons. The van der Waals surface area contributed by atoms with Crippen molar-refractivity contribution < 1.29 is 40.8 Å². The van der Waals surface area contributed by atoms with Crippen molar-refractivity contribution in [1.29, 1.82) is 0 Å². The van der Waals surface area contributed by atoms with E-state index in [4.69, 9.17) is 18.8 Å². The predicted molar refractivity (Wildman–Crippen MR) is 88.7 cm³/mol. The van der Waals surface area contributed by atoms with Gasteiger partial charge in [-0.1, -0.05) is 0 Å². The van der Waals surface area contributed by atoms with Crippen molar-refractivity contribution in [3.8, 4) is 0 Å². The minimum absolute atomic E-state index is 0.0109. The summed E-state index contributed by atoms with van der Waals surface area (Å²) < 4.78 is 71.8. The molecular weight excluding hydrogens is 376 g/mol. The van der Waals surface area contributed by atoms with Gasteiger partial charge in [0, 0.05) is 13.1 Å². The highest BCUT2D eigenvalue weighted by molar-refractivity contribution is 7.86. The largest absolute Gasteiger partial charge is 0.444 e. The van der Waals surface area contributed by atoms with Crippen molar-refractivity contribution >= 4 is 16.2 Å². The Hall–Kier alpha value is -1.04. The average molecular weight is 403 g/mol. The number of alkyl halides is 2. The molecule has 1 aliphatic heterocycles. The van der Waals surface area contributed by atoms with E-state index in [2.05, 4.69) is 0 Å². The molecule has 1 fully saturated rings. The van der Waals surface area contributed by atoms with Crippen LogP contribution in [0.3, 0.4) is 0 Å². The monoisotopic (exact) mass is 403 g/mol. The van der Waals surface area contributed by atoms with Crippen LogP contribution in [0, 0.1) is 0 Å². The van der Waals surface area contributed by atoms with E-state index in [1.165, 1.54) is 0 Å². The minimum Gasteiger partial charge on any atom is -0.444 e. The predicted octanol–water partition coefficient (Wildman–Crippen LogP) is 2.29. The van der Waals surface area contributed by atoms with Crippen LogP contribution < -0.4 is 0 Å². The summed E-state index contributed by atoms with van der Waals surface area (Å²) in [5.41, 5.74) is -0.567. The fraction of sp³-hybridized carbons (Fsp3) is 0.933. The normalized spacial score (nSPS) is 18.7. The number of rotatable bonds is 7. The fourth-order valence-electron chi connectivity index (χ4n) is 2.28. The number of hydrogen-bond donors (Lipinski definition) is 1. The Kier molecular flexibility index (Phi) is 7.75. The molecule has 1 heterocycles. The Morgan fingerprint density at radius 1 is 1.23 bits per heavy atom. The number of piperidine rings is 1. The van der Waals surface area contributed by atoms with Gasteiger partial charge in [-0.3, -0.25) is 4.55 Å². The van der Waals surface area contributed by atoms with Gasteiger partial charge in [0.25, 0.3) is 0 Å². The zero-order valence-corrected chi connectivity index (χ0v) is 16.2. The minimum atomic E-state index is -5.54. The third kappa shape index (κ3) is 6.93. The van der Waals surface area contributed by atoms with Crippen LogP contribution in [0.1, 0.15) is 40.5 Å². The van der Waals surface area contributed by atoms with Crippen LogP contribution in [0.4, 0.5) is 13.6 Å². The number of halogens is 2. The first-order valence-electron chi connectivity index (χ1n) is 8.30. The number of ether oxygens (including phenoxy) is 3. The van der Waals surface area contributed by atoms with E-state index in [0.717, 1.165) is 6.92 Å². The van der Waals surface area contributed by atoms with Gasteiger partial charge in [-0.25, -0.2) is 4.79 Å². The summed E-state index contributed by atoms with van der Waals surface area (Å²) in [4.78, 5) is 13.5. The summed E-state index contributed by atoms with van der Waals surface area (Å²) in [7, 11) is -5.54. The Morgan fingerprint density at radius 3 is 2.23 bits per heavy atom. The molecule has 0 spiro atoms. The molecule has 154 valence electrons. The SMILES string of the molecule is CC(OCCOC1CCN(C(=O)OC(C)(C)C)CC1)C(F)(F)S(=O)(=O)O. The smallest absolute Gasteiger partial charge is 0.410 e. The van der Waals surface area contributed by atoms with Crippen molar-refractivity contribution in [3.63, 3.8) is 0 Å². The average Bonchev–Trinajstić information content (AvgIpc) is 2.49. The van der Waals surface area contributed by atoms with Gasteiger partial charge in [-0.2, -0.15) is 17.2 Å². The summed E-state index contributed by atoms with van der Waals surface area (Å²) >= 11 is 0. The quantitative estimate of drug-likeness (QED) is 0.514. The molecule has 0 aromatic heterocycles. The van der Waals surface area contributed by atoms with E-state index >= 15 is 0 Å². The molecule has 0 bridgehead atoms. The van der Waals surface area contributed by atoms with Crippen molar-refractivity contribution in [1.82, 2.24) is 4.90 Å². The molecule has 0 saturated carbocycles. The van der Waals surface area contributed by atoms with Crippen LogP contribution in [0.2, 0.25) is 0 Å². The molecule has 1 aliphatic rings. The zero-order valence-electron chi connectivity index (χ0n) is 15.4. The molecular formula is C15H27F2NO7S. The van der Waals surface area contributed by atoms with Gasteiger partial charge < -0.3 is 19.1 Å². The van der Waals surface area contributed by atoms with Crippen molar-refractivity contribution in [2.45, 2.75) is 63.6 Å². The summed E-state index contributed by atoms with van der Waals surface area (Å²) in [6, 6.07) is 0. The van der Waals surface area contributed by atoms with Gasteiger partial charge in [-0.05, 0) is 40.5 Å². The number of hydrogen-bond acceptors (Lipinski definition) is 6. The van der Waals surface area contributed by atoms with Gasteiger partial charge in [0.05, 0.1) is 19.3 Å². The Labute approximate surface area is 152 Å². The maximum absolute atomic E-state index is 13.3. The lowest BCUT2D eigenvalue weighted by Crippen LogP contribution is -2.44. The van der Waals surface area contributed by atoms with Gasteiger partial charge in [0.15, 0.2) is 0 Å². The maximum atomic E-state index is 13.3. The molecule has 1 unspecified atom stereocenters. The Balaban J connectivity index is 2.28. The third-order valence-electron chi connectivity index (χ3n) is 3.72. The first-order chi connectivity index (χ1) is 11.7. The summed E-state index contributed by atoms with van der Waals surface area (Å²) in [6.07, 6.45) is -1.42. The lowest BCUT2D eigenvalue weighted by Gasteiger charge is -2.33. The topological polar surface area (TPSA) is 102 Å². The second-order valence-corrected chi connectivity index (χ2v) is 8.58. The lowest BCUT2D eigenvalue weighted by molar-refractivity contribution is -0.0985.